The predicted molar refractivity (Wildman–Crippen MR) is 62.1 cm³/mol. The molecule has 1 aliphatic heterocycles. The van der Waals surface area contributed by atoms with Gasteiger partial charge in [0, 0.05) is 24.9 Å². The Balaban J connectivity index is 1.97. The Morgan fingerprint density at radius 2 is 2.44 bits per heavy atom. The fourth-order valence-electron chi connectivity index (χ4n) is 2.35. The summed E-state index contributed by atoms with van der Waals surface area (Å²) < 4.78 is 1.94. The number of nitrogen functional groups attached to an aromatic ring is 1. The smallest absolute Gasteiger partial charge is 0.149 e. The van der Waals surface area contributed by atoms with Gasteiger partial charge >= 0.3 is 0 Å². The van der Waals surface area contributed by atoms with Crippen molar-refractivity contribution in [1.29, 1.82) is 0 Å². The molecule has 0 aromatic carbocycles. The molecule has 16 heavy (non-hydrogen) atoms. The van der Waals surface area contributed by atoms with Gasteiger partial charge in [-0.1, -0.05) is 0 Å². The van der Waals surface area contributed by atoms with Crippen LogP contribution < -0.4 is 11.1 Å². The van der Waals surface area contributed by atoms with E-state index in [1.807, 2.05) is 10.6 Å². The predicted octanol–water partition coefficient (Wildman–Crippen LogP) is 0.606. The minimum absolute atomic E-state index is 0.540. The summed E-state index contributed by atoms with van der Waals surface area (Å²) in [7, 11) is 0. The van der Waals surface area contributed by atoms with Gasteiger partial charge in [-0.2, -0.15) is 0 Å². The second kappa shape index (κ2) is 3.75. The molecule has 5 heteroatoms. The molecule has 1 aliphatic rings. The summed E-state index contributed by atoms with van der Waals surface area (Å²) in [6.07, 6.45) is 8.79. The number of imidazole rings is 1. The van der Waals surface area contributed by atoms with Gasteiger partial charge in [0.05, 0.1) is 12.0 Å². The van der Waals surface area contributed by atoms with Gasteiger partial charge in [0.1, 0.15) is 11.3 Å². The monoisotopic (exact) mass is 217 g/mol. The van der Waals surface area contributed by atoms with E-state index in [4.69, 9.17) is 5.73 Å². The minimum atomic E-state index is 0.540. The Labute approximate surface area is 93.7 Å². The fraction of sp³-hybridized carbons (Fsp3) is 0.455. The second-order valence-electron chi connectivity index (χ2n) is 4.26. The first-order valence-corrected chi connectivity index (χ1v) is 5.64. The lowest BCUT2D eigenvalue weighted by molar-refractivity contribution is 0.598. The number of hydrogen-bond acceptors (Lipinski definition) is 4. The topological polar surface area (TPSA) is 68.2 Å². The first-order chi connectivity index (χ1) is 7.84. The third kappa shape index (κ3) is 1.53. The largest absolute Gasteiger partial charge is 0.382 e. The first-order valence-electron chi connectivity index (χ1n) is 5.64. The summed E-state index contributed by atoms with van der Waals surface area (Å²) in [6.45, 7) is 1.12. The Morgan fingerprint density at radius 1 is 1.50 bits per heavy atom. The molecule has 1 unspecified atom stereocenters. The van der Waals surface area contributed by atoms with E-state index in [0.29, 0.717) is 11.9 Å². The molecule has 1 saturated heterocycles. The highest BCUT2D eigenvalue weighted by Crippen LogP contribution is 2.18. The summed E-state index contributed by atoms with van der Waals surface area (Å²) in [4.78, 5) is 8.53. The molecule has 3 N–H and O–H groups in total. The quantitative estimate of drug-likeness (QED) is 0.773. The van der Waals surface area contributed by atoms with Crippen LogP contribution in [0.15, 0.2) is 18.7 Å². The van der Waals surface area contributed by atoms with Crippen molar-refractivity contribution in [2.24, 2.45) is 0 Å². The van der Waals surface area contributed by atoms with Crippen LogP contribution in [0.4, 0.5) is 5.82 Å². The van der Waals surface area contributed by atoms with Crippen molar-refractivity contribution in [2.75, 3.05) is 12.3 Å². The zero-order chi connectivity index (χ0) is 11.0. The second-order valence-corrected chi connectivity index (χ2v) is 4.26. The highest BCUT2D eigenvalue weighted by Gasteiger charge is 2.18. The zero-order valence-corrected chi connectivity index (χ0v) is 9.06. The molecule has 0 radical (unpaired) electrons. The highest BCUT2D eigenvalue weighted by molar-refractivity contribution is 5.68. The van der Waals surface area contributed by atoms with Crippen LogP contribution in [0.3, 0.4) is 0 Å². The Kier molecular flexibility index (Phi) is 2.25. The van der Waals surface area contributed by atoms with Crippen molar-refractivity contribution in [1.82, 2.24) is 19.7 Å². The summed E-state index contributed by atoms with van der Waals surface area (Å²) >= 11 is 0. The minimum Gasteiger partial charge on any atom is -0.382 e. The first kappa shape index (κ1) is 9.59. The van der Waals surface area contributed by atoms with Crippen molar-refractivity contribution in [3.63, 3.8) is 0 Å². The molecule has 0 aliphatic carbocycles. The zero-order valence-electron chi connectivity index (χ0n) is 9.06. The lowest BCUT2D eigenvalue weighted by Crippen LogP contribution is -2.23. The van der Waals surface area contributed by atoms with Gasteiger partial charge in [0.25, 0.3) is 0 Å². The molecule has 2 aromatic rings. The molecule has 0 amide bonds. The molecule has 5 nitrogen and oxygen atoms in total. The van der Waals surface area contributed by atoms with Crippen LogP contribution in [-0.4, -0.2) is 27.0 Å². The average Bonchev–Trinajstić information content (AvgIpc) is 2.90. The van der Waals surface area contributed by atoms with E-state index in [1.165, 1.54) is 12.8 Å². The van der Waals surface area contributed by atoms with E-state index >= 15 is 0 Å². The third-order valence-corrected chi connectivity index (χ3v) is 3.16. The van der Waals surface area contributed by atoms with Crippen LogP contribution in [0.1, 0.15) is 18.5 Å². The lowest BCUT2D eigenvalue weighted by atomic mass is 10.1. The van der Waals surface area contributed by atoms with Crippen LogP contribution in [0.2, 0.25) is 0 Å². The number of nitrogens with two attached hydrogens (primary N) is 1. The molecule has 1 atom stereocenters. The van der Waals surface area contributed by atoms with Crippen molar-refractivity contribution < 1.29 is 0 Å². The van der Waals surface area contributed by atoms with Crippen molar-refractivity contribution in [3.05, 3.63) is 24.4 Å². The molecule has 2 aromatic heterocycles. The van der Waals surface area contributed by atoms with Crippen LogP contribution in [-0.2, 0) is 6.42 Å². The van der Waals surface area contributed by atoms with Crippen LogP contribution >= 0.6 is 0 Å². The van der Waals surface area contributed by atoms with E-state index < -0.39 is 0 Å². The van der Waals surface area contributed by atoms with Crippen LogP contribution in [0.5, 0.6) is 0 Å². The molecule has 0 saturated carbocycles. The van der Waals surface area contributed by atoms with Gasteiger partial charge in [-0.25, -0.2) is 9.97 Å². The van der Waals surface area contributed by atoms with Gasteiger partial charge in [0.15, 0.2) is 0 Å². The molecule has 84 valence electrons. The molecule has 0 spiro atoms. The number of fused-ring (bicyclic) bond motifs is 1. The maximum absolute atomic E-state index is 5.88. The van der Waals surface area contributed by atoms with E-state index in [2.05, 4.69) is 15.3 Å². The SMILES string of the molecule is Nc1nccn2cnc(CC3CCCN3)c12. The summed E-state index contributed by atoms with van der Waals surface area (Å²) in [5.41, 5.74) is 7.88. The number of rotatable bonds is 2. The van der Waals surface area contributed by atoms with E-state index in [9.17, 15) is 0 Å². The maximum Gasteiger partial charge on any atom is 0.149 e. The molecular weight excluding hydrogens is 202 g/mol. The molecule has 1 fully saturated rings. The summed E-state index contributed by atoms with van der Waals surface area (Å²) in [6, 6.07) is 0.540. The van der Waals surface area contributed by atoms with Gasteiger partial charge in [-0.05, 0) is 19.4 Å². The fourth-order valence-corrected chi connectivity index (χ4v) is 2.35. The number of nitrogens with zero attached hydrogens (tertiary/aromatic N) is 3. The van der Waals surface area contributed by atoms with Gasteiger partial charge in [0.2, 0.25) is 0 Å². The molecular formula is C11H15N5. The van der Waals surface area contributed by atoms with Crippen molar-refractivity contribution >= 4 is 11.3 Å². The lowest BCUT2D eigenvalue weighted by Gasteiger charge is -2.08. The van der Waals surface area contributed by atoms with E-state index in [1.54, 1.807) is 12.5 Å². The number of aromatic nitrogens is 3. The molecule has 3 heterocycles. The van der Waals surface area contributed by atoms with Crippen molar-refractivity contribution in [2.45, 2.75) is 25.3 Å². The Morgan fingerprint density at radius 3 is 3.25 bits per heavy atom. The van der Waals surface area contributed by atoms with Crippen LogP contribution in [0.25, 0.3) is 5.52 Å². The summed E-state index contributed by atoms with van der Waals surface area (Å²) in [5, 5.41) is 3.47. The molecule has 0 bridgehead atoms. The maximum atomic E-state index is 5.88. The summed E-state index contributed by atoms with van der Waals surface area (Å²) in [5.74, 6) is 0.563. The van der Waals surface area contributed by atoms with E-state index in [0.717, 1.165) is 24.2 Å². The van der Waals surface area contributed by atoms with Crippen molar-refractivity contribution in [3.8, 4) is 0 Å². The Bertz CT molecular complexity index is 498. The Hall–Kier alpha value is -1.62. The van der Waals surface area contributed by atoms with Gasteiger partial charge in [-0.15, -0.1) is 0 Å². The molecule has 3 rings (SSSR count). The third-order valence-electron chi connectivity index (χ3n) is 3.16. The van der Waals surface area contributed by atoms with Gasteiger partial charge < -0.3 is 15.5 Å². The van der Waals surface area contributed by atoms with Gasteiger partial charge in [-0.3, -0.25) is 0 Å². The number of hydrogen-bond donors (Lipinski definition) is 2. The van der Waals surface area contributed by atoms with Crippen LogP contribution in [0, 0.1) is 0 Å². The normalized spacial score (nSPS) is 20.6. The average molecular weight is 217 g/mol. The number of nitrogens with one attached hydrogen (secondary N) is 1. The standard InChI is InChI=1S/C11H15N5/c12-11-10-9(6-8-2-1-3-13-8)15-7-16(10)5-4-14-11/h4-5,7-8,13H,1-3,6H2,(H2,12,14). The highest BCUT2D eigenvalue weighted by atomic mass is 15.0. The number of anilines is 1. The van der Waals surface area contributed by atoms with E-state index in [-0.39, 0.29) is 0 Å².